The summed E-state index contributed by atoms with van der Waals surface area (Å²) >= 11 is 0. The normalized spacial score (nSPS) is 11.0. The second-order valence-corrected chi connectivity index (χ2v) is 9.15. The van der Waals surface area contributed by atoms with Crippen molar-refractivity contribution < 1.29 is 22.9 Å². The lowest BCUT2D eigenvalue weighted by molar-refractivity contribution is -0.384. The number of aryl methyl sites for hydroxylation is 2. The van der Waals surface area contributed by atoms with E-state index in [1.54, 1.807) is 50.2 Å². The number of anilines is 2. The summed E-state index contributed by atoms with van der Waals surface area (Å²) in [5, 5.41) is 13.7. The van der Waals surface area contributed by atoms with Crippen LogP contribution in [0.1, 0.15) is 11.1 Å². The average molecular weight is 470 g/mol. The number of sulfonamides is 1. The van der Waals surface area contributed by atoms with Crippen LogP contribution in [-0.2, 0) is 14.8 Å². The Balaban J connectivity index is 1.96. The van der Waals surface area contributed by atoms with Crippen molar-refractivity contribution in [3.8, 4) is 5.75 Å². The van der Waals surface area contributed by atoms with Gasteiger partial charge in [-0.3, -0.25) is 19.2 Å². The van der Waals surface area contributed by atoms with Gasteiger partial charge in [-0.25, -0.2) is 8.42 Å². The molecule has 0 saturated heterocycles. The summed E-state index contributed by atoms with van der Waals surface area (Å²) in [4.78, 5) is 23.4. The zero-order valence-corrected chi connectivity index (χ0v) is 19.1. The number of amides is 1. The van der Waals surface area contributed by atoms with E-state index in [1.807, 2.05) is 0 Å². The number of nitrogens with one attached hydrogen (secondary N) is 1. The molecule has 1 amide bonds. The Hall–Kier alpha value is -3.92. The maximum atomic E-state index is 13.5. The first-order valence-electron chi connectivity index (χ1n) is 9.91. The van der Waals surface area contributed by atoms with E-state index in [9.17, 15) is 23.3 Å². The molecule has 0 radical (unpaired) electrons. The first-order valence-corrected chi connectivity index (χ1v) is 11.3. The molecule has 3 aromatic rings. The van der Waals surface area contributed by atoms with E-state index < -0.39 is 27.4 Å². The topological polar surface area (TPSA) is 119 Å². The molecule has 10 heteroatoms. The van der Waals surface area contributed by atoms with Crippen LogP contribution >= 0.6 is 0 Å². The second kappa shape index (κ2) is 9.70. The van der Waals surface area contributed by atoms with Crippen molar-refractivity contribution >= 4 is 33.0 Å². The van der Waals surface area contributed by atoms with Gasteiger partial charge in [0.25, 0.3) is 15.7 Å². The number of para-hydroxylation sites is 1. The van der Waals surface area contributed by atoms with Gasteiger partial charge in [-0.2, -0.15) is 0 Å². The number of carbonyl (C=O) groups is 1. The standard InChI is InChI=1S/C23H23N3O6S/c1-16-9-10-19(26(28)29)14-21(16)24-23(27)15-25(18-7-5-4-6-8-18)33(30,31)20-11-12-22(32-3)17(2)13-20/h4-14H,15H2,1-3H3,(H,24,27). The lowest BCUT2D eigenvalue weighted by atomic mass is 10.2. The quantitative estimate of drug-likeness (QED) is 0.393. The van der Waals surface area contributed by atoms with Gasteiger partial charge < -0.3 is 10.1 Å². The molecule has 0 fully saturated rings. The number of non-ortho nitro benzene ring substituents is 1. The van der Waals surface area contributed by atoms with Crippen molar-refractivity contribution in [2.75, 3.05) is 23.3 Å². The Morgan fingerprint density at radius 2 is 1.73 bits per heavy atom. The maximum absolute atomic E-state index is 13.5. The van der Waals surface area contributed by atoms with Crippen LogP contribution in [-0.4, -0.2) is 32.9 Å². The molecule has 3 rings (SSSR count). The Bertz CT molecular complexity index is 1290. The van der Waals surface area contributed by atoms with Crippen LogP contribution in [0.4, 0.5) is 17.1 Å². The van der Waals surface area contributed by atoms with Crippen LogP contribution in [0, 0.1) is 24.0 Å². The molecule has 9 nitrogen and oxygen atoms in total. The van der Waals surface area contributed by atoms with E-state index in [0.29, 0.717) is 22.6 Å². The highest BCUT2D eigenvalue weighted by Gasteiger charge is 2.28. The minimum atomic E-state index is -4.11. The number of carbonyl (C=O) groups excluding carboxylic acids is 1. The highest BCUT2D eigenvalue weighted by molar-refractivity contribution is 7.92. The van der Waals surface area contributed by atoms with Crippen LogP contribution < -0.4 is 14.4 Å². The van der Waals surface area contributed by atoms with E-state index in [2.05, 4.69) is 5.32 Å². The molecule has 33 heavy (non-hydrogen) atoms. The van der Waals surface area contributed by atoms with E-state index in [0.717, 1.165) is 4.31 Å². The van der Waals surface area contributed by atoms with E-state index in [1.165, 1.54) is 37.4 Å². The van der Waals surface area contributed by atoms with Crippen LogP contribution in [0.25, 0.3) is 0 Å². The monoisotopic (exact) mass is 469 g/mol. The number of nitro groups is 1. The second-order valence-electron chi connectivity index (χ2n) is 7.28. The third kappa shape index (κ3) is 5.29. The molecule has 0 spiro atoms. The van der Waals surface area contributed by atoms with Gasteiger partial charge in [0, 0.05) is 12.1 Å². The van der Waals surface area contributed by atoms with Gasteiger partial charge in [-0.05, 0) is 55.3 Å². The summed E-state index contributed by atoms with van der Waals surface area (Å²) in [6.07, 6.45) is 0. The average Bonchev–Trinajstić information content (AvgIpc) is 2.79. The minimum absolute atomic E-state index is 0.00369. The summed E-state index contributed by atoms with van der Waals surface area (Å²) in [5.74, 6) is -0.102. The van der Waals surface area contributed by atoms with Crippen LogP contribution in [0.2, 0.25) is 0 Å². The fraction of sp³-hybridized carbons (Fsp3) is 0.174. The molecule has 0 aliphatic rings. The van der Waals surface area contributed by atoms with Crippen LogP contribution in [0.3, 0.4) is 0 Å². The molecule has 0 aliphatic carbocycles. The van der Waals surface area contributed by atoms with E-state index in [-0.39, 0.29) is 16.3 Å². The van der Waals surface area contributed by atoms with E-state index >= 15 is 0 Å². The van der Waals surface area contributed by atoms with E-state index in [4.69, 9.17) is 4.74 Å². The predicted molar refractivity (Wildman–Crippen MR) is 125 cm³/mol. The van der Waals surface area contributed by atoms with Gasteiger partial charge in [0.05, 0.1) is 28.3 Å². The highest BCUT2D eigenvalue weighted by atomic mass is 32.2. The predicted octanol–water partition coefficient (Wildman–Crippen LogP) is 4.05. The number of benzene rings is 3. The number of hydrogen-bond donors (Lipinski definition) is 1. The molecule has 0 unspecified atom stereocenters. The van der Waals surface area contributed by atoms with Gasteiger partial charge in [0.15, 0.2) is 0 Å². The van der Waals surface area contributed by atoms with Gasteiger partial charge >= 0.3 is 0 Å². The van der Waals surface area contributed by atoms with Crippen molar-refractivity contribution in [2.45, 2.75) is 18.7 Å². The lowest BCUT2D eigenvalue weighted by Crippen LogP contribution is -2.38. The SMILES string of the molecule is COc1ccc(S(=O)(=O)N(CC(=O)Nc2cc([N+](=O)[O-])ccc2C)c2ccccc2)cc1C. The number of hydrogen-bond acceptors (Lipinski definition) is 6. The molecule has 172 valence electrons. The highest BCUT2D eigenvalue weighted by Crippen LogP contribution is 2.28. The summed E-state index contributed by atoms with van der Waals surface area (Å²) in [7, 11) is -2.62. The summed E-state index contributed by atoms with van der Waals surface area (Å²) in [6.45, 7) is 2.88. The fourth-order valence-corrected chi connectivity index (χ4v) is 4.73. The molecule has 0 atom stereocenters. The third-order valence-electron chi connectivity index (χ3n) is 4.99. The smallest absolute Gasteiger partial charge is 0.271 e. The first-order chi connectivity index (χ1) is 15.6. The molecule has 0 saturated carbocycles. The number of nitro benzene ring substituents is 1. The molecule has 0 bridgehead atoms. The molecule has 1 N–H and O–H groups in total. The number of nitrogens with zero attached hydrogens (tertiary/aromatic N) is 2. The van der Waals surface area contributed by atoms with Crippen LogP contribution in [0.5, 0.6) is 5.75 Å². The van der Waals surface area contributed by atoms with Crippen molar-refractivity contribution in [3.63, 3.8) is 0 Å². The number of methoxy groups -OCH3 is 1. The van der Waals surface area contributed by atoms with Gasteiger partial charge in [0.1, 0.15) is 12.3 Å². The fourth-order valence-electron chi connectivity index (χ4n) is 3.23. The molecule has 3 aromatic carbocycles. The van der Waals surface area contributed by atoms with Crippen LogP contribution in [0.15, 0.2) is 71.6 Å². The van der Waals surface area contributed by atoms with Crippen molar-refractivity contribution in [1.29, 1.82) is 0 Å². The molecule has 0 aliphatic heterocycles. The molecular weight excluding hydrogens is 446 g/mol. The van der Waals surface area contributed by atoms with Gasteiger partial charge in [0.2, 0.25) is 5.91 Å². The van der Waals surface area contributed by atoms with Gasteiger partial charge in [-0.1, -0.05) is 24.3 Å². The molecule has 0 heterocycles. The zero-order chi connectivity index (χ0) is 24.2. The first kappa shape index (κ1) is 23.7. The minimum Gasteiger partial charge on any atom is -0.496 e. The largest absolute Gasteiger partial charge is 0.496 e. The molecular formula is C23H23N3O6S. The third-order valence-corrected chi connectivity index (χ3v) is 6.76. The van der Waals surface area contributed by atoms with Crippen molar-refractivity contribution in [2.24, 2.45) is 0 Å². The Morgan fingerprint density at radius 1 is 1.03 bits per heavy atom. The van der Waals surface area contributed by atoms with Gasteiger partial charge in [-0.15, -0.1) is 0 Å². The van der Waals surface area contributed by atoms with Crippen molar-refractivity contribution in [1.82, 2.24) is 0 Å². The Kier molecular flexibility index (Phi) is 6.98. The number of rotatable bonds is 8. The summed E-state index contributed by atoms with van der Waals surface area (Å²) in [5.41, 5.74) is 1.59. The summed E-state index contributed by atoms with van der Waals surface area (Å²) < 4.78 is 33.2. The maximum Gasteiger partial charge on any atom is 0.271 e. The lowest BCUT2D eigenvalue weighted by Gasteiger charge is -2.24. The van der Waals surface area contributed by atoms with Crippen molar-refractivity contribution in [3.05, 3.63) is 88.0 Å². The summed E-state index contributed by atoms with van der Waals surface area (Å²) in [6, 6.07) is 16.8. The Morgan fingerprint density at radius 3 is 2.33 bits per heavy atom. The zero-order valence-electron chi connectivity index (χ0n) is 18.3. The Labute approximate surface area is 191 Å². The molecule has 0 aromatic heterocycles. The number of ether oxygens (including phenoxy) is 1.